The van der Waals surface area contributed by atoms with Gasteiger partial charge in [0.2, 0.25) is 0 Å². The van der Waals surface area contributed by atoms with Crippen molar-refractivity contribution in [1.82, 2.24) is 15.1 Å². The second kappa shape index (κ2) is 9.64. The molecular formula is C19H25FN4OS. The van der Waals surface area contributed by atoms with Crippen molar-refractivity contribution in [2.45, 2.75) is 44.8 Å². The third kappa shape index (κ3) is 5.78. The Balaban J connectivity index is 1.88. The van der Waals surface area contributed by atoms with E-state index in [-0.39, 0.29) is 5.56 Å². The molecule has 0 bridgehead atoms. The number of halogens is 1. The molecule has 5 nitrogen and oxygen atoms in total. The highest BCUT2D eigenvalue weighted by Gasteiger charge is 2.14. The number of anilines is 1. The fourth-order valence-corrected chi connectivity index (χ4v) is 3.44. The third-order valence-corrected chi connectivity index (χ3v) is 4.83. The molecule has 140 valence electrons. The van der Waals surface area contributed by atoms with E-state index in [9.17, 15) is 9.18 Å². The monoisotopic (exact) mass is 376 g/mol. The highest BCUT2D eigenvalue weighted by molar-refractivity contribution is 7.99. The lowest BCUT2D eigenvalue weighted by Crippen LogP contribution is -2.38. The SMILES string of the molecule is CC(C)N(CCSc1ccc(NC(=O)c2ccccc2F)nn1)C(C)C. The number of aromatic nitrogens is 2. The molecule has 0 aliphatic heterocycles. The van der Waals surface area contributed by atoms with Gasteiger partial charge in [-0.2, -0.15) is 0 Å². The predicted molar refractivity (Wildman–Crippen MR) is 104 cm³/mol. The van der Waals surface area contributed by atoms with Gasteiger partial charge >= 0.3 is 0 Å². The summed E-state index contributed by atoms with van der Waals surface area (Å²) < 4.78 is 13.6. The minimum atomic E-state index is -0.565. The number of nitrogens with zero attached hydrogens (tertiary/aromatic N) is 3. The average molecular weight is 377 g/mol. The van der Waals surface area contributed by atoms with Crippen LogP contribution in [0.15, 0.2) is 41.4 Å². The summed E-state index contributed by atoms with van der Waals surface area (Å²) in [7, 11) is 0. The summed E-state index contributed by atoms with van der Waals surface area (Å²) in [6, 6.07) is 10.3. The summed E-state index contributed by atoms with van der Waals surface area (Å²) >= 11 is 1.62. The quantitative estimate of drug-likeness (QED) is 0.704. The standard InChI is InChI=1S/C19H25FN4OS/c1-13(2)24(14(3)4)11-12-26-18-10-9-17(22-23-18)21-19(25)15-7-5-6-8-16(15)20/h5-10,13-14H,11-12H2,1-4H3,(H,21,22,25). The summed E-state index contributed by atoms with van der Waals surface area (Å²) in [5.74, 6) is 0.104. The van der Waals surface area contributed by atoms with Crippen LogP contribution in [0.5, 0.6) is 0 Å². The van der Waals surface area contributed by atoms with Crippen molar-refractivity contribution in [3.05, 3.63) is 47.8 Å². The van der Waals surface area contributed by atoms with E-state index in [1.54, 1.807) is 23.9 Å². The number of nitrogens with one attached hydrogen (secondary N) is 1. The van der Waals surface area contributed by atoms with Gasteiger partial charge in [0, 0.05) is 24.4 Å². The molecule has 0 saturated heterocycles. The molecule has 0 spiro atoms. The second-order valence-electron chi connectivity index (χ2n) is 6.46. The number of carbonyl (C=O) groups is 1. The Hall–Kier alpha value is -1.99. The van der Waals surface area contributed by atoms with Crippen LogP contribution < -0.4 is 5.32 Å². The average Bonchev–Trinajstić information content (AvgIpc) is 2.59. The highest BCUT2D eigenvalue weighted by Crippen LogP contribution is 2.17. The maximum Gasteiger partial charge on any atom is 0.259 e. The first-order valence-corrected chi connectivity index (χ1v) is 9.65. The number of rotatable bonds is 8. The van der Waals surface area contributed by atoms with Crippen LogP contribution in [0.2, 0.25) is 0 Å². The summed E-state index contributed by atoms with van der Waals surface area (Å²) in [6.45, 7) is 9.73. The largest absolute Gasteiger partial charge is 0.305 e. The molecular weight excluding hydrogens is 351 g/mol. The van der Waals surface area contributed by atoms with E-state index in [1.807, 2.05) is 6.07 Å². The Labute approximate surface area is 158 Å². The molecule has 2 aromatic rings. The lowest BCUT2D eigenvalue weighted by atomic mass is 10.2. The van der Waals surface area contributed by atoms with Crippen molar-refractivity contribution in [3.63, 3.8) is 0 Å². The molecule has 0 aliphatic rings. The summed E-state index contributed by atoms with van der Waals surface area (Å²) in [4.78, 5) is 14.5. The van der Waals surface area contributed by atoms with Crippen LogP contribution in [0.4, 0.5) is 10.2 Å². The van der Waals surface area contributed by atoms with Gasteiger partial charge in [-0.05, 0) is 52.0 Å². The van der Waals surface area contributed by atoms with Gasteiger partial charge in [-0.3, -0.25) is 9.69 Å². The molecule has 1 aromatic carbocycles. The number of hydrogen-bond acceptors (Lipinski definition) is 5. The van der Waals surface area contributed by atoms with E-state index >= 15 is 0 Å². The first-order valence-electron chi connectivity index (χ1n) is 8.66. The van der Waals surface area contributed by atoms with E-state index in [4.69, 9.17) is 0 Å². The number of thioether (sulfide) groups is 1. The van der Waals surface area contributed by atoms with Crippen molar-refractivity contribution < 1.29 is 9.18 Å². The van der Waals surface area contributed by atoms with E-state index in [1.165, 1.54) is 18.2 Å². The third-order valence-electron chi connectivity index (χ3n) is 3.93. The zero-order valence-corrected chi connectivity index (χ0v) is 16.4. The number of carbonyl (C=O) groups excluding carboxylic acids is 1. The molecule has 26 heavy (non-hydrogen) atoms. The molecule has 0 radical (unpaired) electrons. The fourth-order valence-electron chi connectivity index (χ4n) is 2.66. The van der Waals surface area contributed by atoms with Crippen molar-refractivity contribution in [2.75, 3.05) is 17.6 Å². The number of hydrogen-bond donors (Lipinski definition) is 1. The first-order chi connectivity index (χ1) is 12.4. The Morgan fingerprint density at radius 3 is 2.38 bits per heavy atom. The van der Waals surface area contributed by atoms with Crippen LogP contribution in [0, 0.1) is 5.82 Å². The molecule has 2 rings (SSSR count). The molecule has 1 aromatic heterocycles. The van der Waals surface area contributed by atoms with Gasteiger partial charge in [0.25, 0.3) is 5.91 Å². The minimum absolute atomic E-state index is 0.0183. The van der Waals surface area contributed by atoms with Crippen molar-refractivity contribution in [1.29, 1.82) is 0 Å². The molecule has 0 aliphatic carbocycles. The van der Waals surface area contributed by atoms with Gasteiger partial charge in [0.05, 0.1) is 5.56 Å². The van der Waals surface area contributed by atoms with E-state index in [0.29, 0.717) is 17.9 Å². The van der Waals surface area contributed by atoms with Gasteiger partial charge in [-0.15, -0.1) is 22.0 Å². The Kier molecular flexibility index (Phi) is 7.53. The van der Waals surface area contributed by atoms with Gasteiger partial charge in [0.15, 0.2) is 5.82 Å². The maximum absolute atomic E-state index is 13.6. The number of amides is 1. The van der Waals surface area contributed by atoms with Crippen molar-refractivity contribution in [3.8, 4) is 0 Å². The maximum atomic E-state index is 13.6. The van der Waals surface area contributed by atoms with Crippen LogP contribution in [0.25, 0.3) is 0 Å². The lowest BCUT2D eigenvalue weighted by molar-refractivity contribution is 0.102. The fraction of sp³-hybridized carbons (Fsp3) is 0.421. The van der Waals surface area contributed by atoms with Crippen LogP contribution in [0.1, 0.15) is 38.1 Å². The van der Waals surface area contributed by atoms with Gasteiger partial charge in [0.1, 0.15) is 10.8 Å². The number of benzene rings is 1. The topological polar surface area (TPSA) is 58.1 Å². The molecule has 1 N–H and O–H groups in total. The normalized spacial score (nSPS) is 11.4. The van der Waals surface area contributed by atoms with Gasteiger partial charge in [-0.25, -0.2) is 4.39 Å². The van der Waals surface area contributed by atoms with E-state index in [0.717, 1.165) is 17.3 Å². The zero-order valence-electron chi connectivity index (χ0n) is 15.6. The summed E-state index contributed by atoms with van der Waals surface area (Å²) in [5, 5.41) is 11.5. The second-order valence-corrected chi connectivity index (χ2v) is 7.58. The predicted octanol–water partition coefficient (Wildman–Crippen LogP) is 4.08. The van der Waals surface area contributed by atoms with Crippen molar-refractivity contribution >= 4 is 23.5 Å². The van der Waals surface area contributed by atoms with Gasteiger partial charge < -0.3 is 5.32 Å². The summed E-state index contributed by atoms with van der Waals surface area (Å²) in [6.07, 6.45) is 0. The van der Waals surface area contributed by atoms with Crippen molar-refractivity contribution in [2.24, 2.45) is 0 Å². The smallest absolute Gasteiger partial charge is 0.259 e. The van der Waals surface area contributed by atoms with E-state index < -0.39 is 11.7 Å². The highest BCUT2D eigenvalue weighted by atomic mass is 32.2. The molecule has 0 unspecified atom stereocenters. The van der Waals surface area contributed by atoms with E-state index in [2.05, 4.69) is 48.1 Å². The van der Waals surface area contributed by atoms with Crippen LogP contribution in [-0.4, -0.2) is 45.4 Å². The Morgan fingerprint density at radius 2 is 1.81 bits per heavy atom. The molecule has 1 amide bonds. The molecule has 0 atom stereocenters. The van der Waals surface area contributed by atoms with Gasteiger partial charge in [-0.1, -0.05) is 12.1 Å². The van der Waals surface area contributed by atoms with Crippen LogP contribution in [0.3, 0.4) is 0 Å². The molecule has 0 fully saturated rings. The first kappa shape index (κ1) is 20.3. The molecule has 0 saturated carbocycles. The van der Waals surface area contributed by atoms with Crippen LogP contribution >= 0.6 is 11.8 Å². The minimum Gasteiger partial charge on any atom is -0.305 e. The molecule has 1 heterocycles. The Bertz CT molecular complexity index is 714. The Morgan fingerprint density at radius 1 is 1.12 bits per heavy atom. The zero-order chi connectivity index (χ0) is 19.1. The van der Waals surface area contributed by atoms with Crippen LogP contribution in [-0.2, 0) is 0 Å². The lowest BCUT2D eigenvalue weighted by Gasteiger charge is -2.30. The molecule has 7 heteroatoms. The summed E-state index contributed by atoms with van der Waals surface area (Å²) in [5.41, 5.74) is -0.0183.